The number of hydrogen-bond donors (Lipinski definition) is 2. The van der Waals surface area contributed by atoms with Gasteiger partial charge in [0, 0.05) is 11.8 Å². The molecule has 9 atom stereocenters. The first-order chi connectivity index (χ1) is 14.1. The van der Waals surface area contributed by atoms with Crippen molar-refractivity contribution >= 4 is 11.6 Å². The second kappa shape index (κ2) is 6.71. The molecule has 0 bridgehead atoms. The predicted octanol–water partition coefficient (Wildman–Crippen LogP) is 2.55. The van der Waals surface area contributed by atoms with Crippen LogP contribution in [0.1, 0.15) is 65.7 Å². The molecule has 2 unspecified atom stereocenters. The molecule has 4 aliphatic carbocycles. The second-order valence-corrected chi connectivity index (χ2v) is 10.9. The van der Waals surface area contributed by atoms with Crippen LogP contribution < -0.4 is 0 Å². The smallest absolute Gasteiger partial charge is 0.190 e. The van der Waals surface area contributed by atoms with Crippen molar-refractivity contribution in [3.05, 3.63) is 11.6 Å². The molecular weight excluding hydrogens is 384 g/mol. The highest BCUT2D eigenvalue weighted by atomic mass is 16.7. The summed E-state index contributed by atoms with van der Waals surface area (Å²) in [7, 11) is 0. The van der Waals surface area contributed by atoms with Gasteiger partial charge in [-0.3, -0.25) is 9.59 Å². The molecule has 6 nitrogen and oxygen atoms in total. The number of fused-ring (bicyclic) bond motifs is 6. The quantitative estimate of drug-likeness (QED) is 0.680. The average Bonchev–Trinajstić information content (AvgIpc) is 2.96. The van der Waals surface area contributed by atoms with Gasteiger partial charge in [0.2, 0.25) is 0 Å². The minimum absolute atomic E-state index is 0.0468. The van der Waals surface area contributed by atoms with Gasteiger partial charge in [0.1, 0.15) is 18.3 Å². The normalized spacial score (nSPS) is 51.8. The molecule has 166 valence electrons. The van der Waals surface area contributed by atoms with Crippen LogP contribution in [0.15, 0.2) is 11.6 Å². The fraction of sp³-hybridized carbons (Fsp3) is 0.833. The number of Topliss-reactive ketones (excluding diaryl/α,β-unsaturated/α-hetero) is 1. The molecule has 5 aliphatic rings. The summed E-state index contributed by atoms with van der Waals surface area (Å²) in [6, 6.07) is 0. The Kier molecular flexibility index (Phi) is 4.65. The highest BCUT2D eigenvalue weighted by molar-refractivity contribution is 5.92. The largest absolute Gasteiger partial charge is 0.393 e. The number of allylic oxidation sites excluding steroid dienone is 1. The fourth-order valence-electron chi connectivity index (χ4n) is 8.14. The molecule has 3 saturated carbocycles. The van der Waals surface area contributed by atoms with Crippen LogP contribution >= 0.6 is 0 Å². The standard InChI is InChI=1S/C24H34O6/c1-13(25)21-29-12-19(28)24(30-21)9-7-17-16-5-4-14-10-15(26)6-8-22(14,2)20(16)18(27)11-23(17,24)3/h10,13,16-18,20-21,25,27H,4-9,11-12H2,1-3H3/t13?,16-,17-,18-,20+,21?,22-,23-,24-/m0/s1. The van der Waals surface area contributed by atoms with E-state index in [2.05, 4.69) is 13.8 Å². The van der Waals surface area contributed by atoms with Crippen molar-refractivity contribution in [2.75, 3.05) is 6.61 Å². The van der Waals surface area contributed by atoms with Gasteiger partial charge in [-0.05, 0) is 74.7 Å². The number of carbonyl (C=O) groups excluding carboxylic acids is 2. The molecule has 1 saturated heterocycles. The van der Waals surface area contributed by atoms with E-state index in [0.717, 1.165) is 25.7 Å². The van der Waals surface area contributed by atoms with E-state index in [0.29, 0.717) is 25.2 Å². The lowest BCUT2D eigenvalue weighted by Crippen LogP contribution is -2.65. The van der Waals surface area contributed by atoms with Gasteiger partial charge in [-0.25, -0.2) is 0 Å². The first-order valence-corrected chi connectivity index (χ1v) is 11.6. The molecule has 30 heavy (non-hydrogen) atoms. The number of hydrogen-bond acceptors (Lipinski definition) is 6. The van der Waals surface area contributed by atoms with Crippen LogP contribution in [0.25, 0.3) is 0 Å². The van der Waals surface area contributed by atoms with Crippen LogP contribution in [0.4, 0.5) is 0 Å². The van der Waals surface area contributed by atoms with Gasteiger partial charge in [-0.1, -0.05) is 19.4 Å². The molecule has 1 aliphatic heterocycles. The lowest BCUT2D eigenvalue weighted by molar-refractivity contribution is -0.295. The lowest BCUT2D eigenvalue weighted by atomic mass is 9.45. The van der Waals surface area contributed by atoms with Crippen molar-refractivity contribution in [3.8, 4) is 0 Å². The van der Waals surface area contributed by atoms with Crippen molar-refractivity contribution in [2.45, 2.75) is 89.8 Å². The molecule has 1 heterocycles. The zero-order valence-electron chi connectivity index (χ0n) is 18.2. The summed E-state index contributed by atoms with van der Waals surface area (Å²) >= 11 is 0. The summed E-state index contributed by atoms with van der Waals surface area (Å²) in [6.07, 6.45) is 4.87. The fourth-order valence-corrected chi connectivity index (χ4v) is 8.14. The predicted molar refractivity (Wildman–Crippen MR) is 108 cm³/mol. The summed E-state index contributed by atoms with van der Waals surface area (Å²) in [6.45, 7) is 5.92. The van der Waals surface area contributed by atoms with Crippen LogP contribution in [-0.2, 0) is 19.1 Å². The van der Waals surface area contributed by atoms with E-state index in [1.165, 1.54) is 5.57 Å². The maximum atomic E-state index is 13.2. The van der Waals surface area contributed by atoms with E-state index in [9.17, 15) is 19.8 Å². The van der Waals surface area contributed by atoms with Gasteiger partial charge in [0.15, 0.2) is 17.9 Å². The number of rotatable bonds is 1. The van der Waals surface area contributed by atoms with E-state index >= 15 is 0 Å². The van der Waals surface area contributed by atoms with Crippen LogP contribution in [0.5, 0.6) is 0 Å². The van der Waals surface area contributed by atoms with Gasteiger partial charge in [-0.15, -0.1) is 0 Å². The summed E-state index contributed by atoms with van der Waals surface area (Å²) in [5.74, 6) is 0.847. The van der Waals surface area contributed by atoms with Crippen LogP contribution in [-0.4, -0.2) is 52.5 Å². The zero-order chi connectivity index (χ0) is 21.5. The van der Waals surface area contributed by atoms with Crippen LogP contribution in [0, 0.1) is 28.6 Å². The molecule has 6 heteroatoms. The van der Waals surface area contributed by atoms with Crippen molar-refractivity contribution in [1.82, 2.24) is 0 Å². The van der Waals surface area contributed by atoms with Crippen molar-refractivity contribution < 1.29 is 29.3 Å². The minimum Gasteiger partial charge on any atom is -0.393 e. The van der Waals surface area contributed by atoms with Crippen LogP contribution in [0.2, 0.25) is 0 Å². The van der Waals surface area contributed by atoms with Gasteiger partial charge in [0.25, 0.3) is 0 Å². The van der Waals surface area contributed by atoms with Crippen LogP contribution in [0.3, 0.4) is 0 Å². The first-order valence-electron chi connectivity index (χ1n) is 11.6. The summed E-state index contributed by atoms with van der Waals surface area (Å²) in [4.78, 5) is 25.2. The number of ether oxygens (including phenoxy) is 2. The maximum absolute atomic E-state index is 13.2. The second-order valence-electron chi connectivity index (χ2n) is 10.9. The van der Waals surface area contributed by atoms with E-state index in [-0.39, 0.29) is 35.4 Å². The molecular formula is C24H34O6. The third kappa shape index (κ3) is 2.57. The minimum atomic E-state index is -0.997. The number of carbonyl (C=O) groups is 2. The number of aliphatic hydroxyl groups is 2. The Bertz CT molecular complexity index is 804. The monoisotopic (exact) mass is 418 g/mol. The van der Waals surface area contributed by atoms with E-state index in [4.69, 9.17) is 9.47 Å². The molecule has 1 spiro atoms. The molecule has 4 fully saturated rings. The summed E-state index contributed by atoms with van der Waals surface area (Å²) in [5.41, 5.74) is -0.411. The maximum Gasteiger partial charge on any atom is 0.190 e. The Labute approximate surface area is 178 Å². The summed E-state index contributed by atoms with van der Waals surface area (Å²) < 4.78 is 11.7. The van der Waals surface area contributed by atoms with Gasteiger partial charge in [0.05, 0.1) is 6.10 Å². The van der Waals surface area contributed by atoms with Crippen molar-refractivity contribution in [2.24, 2.45) is 28.6 Å². The van der Waals surface area contributed by atoms with Crippen molar-refractivity contribution in [1.29, 1.82) is 0 Å². The lowest BCUT2D eigenvalue weighted by Gasteiger charge is -2.61. The molecule has 0 aromatic heterocycles. The third-order valence-electron chi connectivity index (χ3n) is 9.56. The molecule has 0 radical (unpaired) electrons. The van der Waals surface area contributed by atoms with Crippen molar-refractivity contribution in [3.63, 3.8) is 0 Å². The third-order valence-corrected chi connectivity index (χ3v) is 9.56. The Morgan fingerprint density at radius 1 is 1.17 bits per heavy atom. The van der Waals surface area contributed by atoms with E-state index in [1.54, 1.807) is 6.92 Å². The van der Waals surface area contributed by atoms with E-state index < -0.39 is 29.5 Å². The highest BCUT2D eigenvalue weighted by Crippen LogP contribution is 2.68. The van der Waals surface area contributed by atoms with Gasteiger partial charge in [-0.2, -0.15) is 0 Å². The Morgan fingerprint density at radius 2 is 1.93 bits per heavy atom. The SMILES string of the molecule is CC(O)C1OCC(=O)[C@]2(CC[C@H]3[C@@H]4CCC5=CC(=O)CC[C@]5(C)[C@H]4[C@@H](O)C[C@@]32C)O1. The Balaban J connectivity index is 1.52. The molecule has 0 aromatic carbocycles. The number of aliphatic hydroxyl groups excluding tert-OH is 2. The van der Waals surface area contributed by atoms with Gasteiger partial charge < -0.3 is 19.7 Å². The first kappa shape index (κ1) is 20.8. The van der Waals surface area contributed by atoms with Gasteiger partial charge >= 0.3 is 0 Å². The summed E-state index contributed by atoms with van der Waals surface area (Å²) in [5, 5.41) is 21.6. The molecule has 0 aromatic rings. The van der Waals surface area contributed by atoms with E-state index in [1.807, 2.05) is 6.08 Å². The molecule has 2 N–H and O–H groups in total. The zero-order valence-corrected chi connectivity index (χ0v) is 18.2. The molecule has 5 rings (SSSR count). The Hall–Kier alpha value is -1.08. The highest BCUT2D eigenvalue weighted by Gasteiger charge is 2.70. The average molecular weight is 419 g/mol. The topological polar surface area (TPSA) is 93.1 Å². The number of ketones is 2. The molecule has 0 amide bonds. The Morgan fingerprint density at radius 3 is 2.67 bits per heavy atom.